The van der Waals surface area contributed by atoms with Crippen LogP contribution < -0.4 is 15.5 Å². The van der Waals surface area contributed by atoms with E-state index in [4.69, 9.17) is 15.0 Å². The number of hydrogen-bond donors (Lipinski definition) is 2. The summed E-state index contributed by atoms with van der Waals surface area (Å²) in [5, 5.41) is 9.47. The highest BCUT2D eigenvalue weighted by atomic mass is 32.2. The van der Waals surface area contributed by atoms with Crippen molar-refractivity contribution in [3.63, 3.8) is 0 Å². The number of pyridine rings is 1. The second-order valence-corrected chi connectivity index (χ2v) is 11.6. The first-order valence-electron chi connectivity index (χ1n) is 11.8. The molecule has 1 saturated heterocycles. The molecule has 0 spiro atoms. The van der Waals surface area contributed by atoms with Crippen molar-refractivity contribution in [3.8, 4) is 0 Å². The number of rotatable bonds is 7. The maximum atomic E-state index is 4.83. The molecular weight excluding hydrogens is 460 g/mol. The average molecular weight is 491 g/mol. The van der Waals surface area contributed by atoms with Gasteiger partial charge in [-0.1, -0.05) is 32.9 Å². The zero-order valence-electron chi connectivity index (χ0n) is 19.8. The summed E-state index contributed by atoms with van der Waals surface area (Å²) in [5.74, 6) is 3.21. The standard InChI is InChI=1S/C26H30N6S2/c1-17(2)34-22-7-5-4-6-20(22)29-25-24-21(12-15-33-24)30-26(31-25)28-19-8-9-23(27-16-19)32-13-10-18(3)11-14-32/h4-9,12,15-18H,10-11,13-14H2,1-3H3,(H2,28,29,30,31). The van der Waals surface area contributed by atoms with Crippen LogP contribution in [0.3, 0.4) is 0 Å². The van der Waals surface area contributed by atoms with Crippen molar-refractivity contribution in [1.29, 1.82) is 0 Å². The van der Waals surface area contributed by atoms with E-state index in [9.17, 15) is 0 Å². The van der Waals surface area contributed by atoms with E-state index in [1.54, 1.807) is 11.3 Å². The van der Waals surface area contributed by atoms with Gasteiger partial charge in [0.1, 0.15) is 5.82 Å². The number of anilines is 5. The quantitative estimate of drug-likeness (QED) is 0.263. The van der Waals surface area contributed by atoms with E-state index >= 15 is 0 Å². The van der Waals surface area contributed by atoms with Crippen LogP contribution in [0.25, 0.3) is 10.2 Å². The molecule has 0 atom stereocenters. The van der Waals surface area contributed by atoms with Gasteiger partial charge in [-0.05, 0) is 54.5 Å². The van der Waals surface area contributed by atoms with Crippen molar-refractivity contribution in [3.05, 3.63) is 54.0 Å². The van der Waals surface area contributed by atoms with Gasteiger partial charge in [0.25, 0.3) is 0 Å². The molecule has 0 saturated carbocycles. The van der Waals surface area contributed by atoms with Crippen LogP contribution >= 0.6 is 23.1 Å². The van der Waals surface area contributed by atoms with Gasteiger partial charge in [0.2, 0.25) is 5.95 Å². The summed E-state index contributed by atoms with van der Waals surface area (Å²) in [6, 6.07) is 14.5. The van der Waals surface area contributed by atoms with Crippen molar-refractivity contribution in [2.75, 3.05) is 28.6 Å². The molecule has 5 rings (SSSR count). The monoisotopic (exact) mass is 490 g/mol. The maximum Gasteiger partial charge on any atom is 0.229 e. The second kappa shape index (κ2) is 10.2. The normalized spacial score (nSPS) is 14.6. The van der Waals surface area contributed by atoms with Crippen LogP contribution in [0.1, 0.15) is 33.6 Å². The Bertz CT molecular complexity index is 1250. The summed E-state index contributed by atoms with van der Waals surface area (Å²) in [6.45, 7) is 8.88. The number of fused-ring (bicyclic) bond motifs is 1. The first-order valence-corrected chi connectivity index (χ1v) is 13.6. The molecule has 2 N–H and O–H groups in total. The molecule has 4 heterocycles. The van der Waals surface area contributed by atoms with E-state index in [2.05, 4.69) is 78.1 Å². The number of benzene rings is 1. The van der Waals surface area contributed by atoms with Crippen molar-refractivity contribution in [2.24, 2.45) is 5.92 Å². The highest BCUT2D eigenvalue weighted by molar-refractivity contribution is 8.00. The predicted molar refractivity (Wildman–Crippen MR) is 146 cm³/mol. The van der Waals surface area contributed by atoms with Crippen molar-refractivity contribution < 1.29 is 0 Å². The first-order chi connectivity index (χ1) is 16.5. The van der Waals surface area contributed by atoms with Gasteiger partial charge in [-0.3, -0.25) is 0 Å². The van der Waals surface area contributed by atoms with Crippen LogP contribution in [-0.4, -0.2) is 33.3 Å². The number of hydrogen-bond acceptors (Lipinski definition) is 8. The molecule has 4 aromatic rings. The lowest BCUT2D eigenvalue weighted by molar-refractivity contribution is 0.436. The summed E-state index contributed by atoms with van der Waals surface area (Å²) < 4.78 is 1.04. The second-order valence-electron chi connectivity index (χ2n) is 9.02. The fraction of sp³-hybridized carbons (Fsp3) is 0.346. The minimum Gasteiger partial charge on any atom is -0.357 e. The van der Waals surface area contributed by atoms with Crippen molar-refractivity contribution in [2.45, 2.75) is 43.8 Å². The Balaban J connectivity index is 1.37. The van der Waals surface area contributed by atoms with Gasteiger partial charge >= 0.3 is 0 Å². The smallest absolute Gasteiger partial charge is 0.229 e. The van der Waals surface area contributed by atoms with E-state index in [1.807, 2.05) is 24.0 Å². The van der Waals surface area contributed by atoms with Gasteiger partial charge < -0.3 is 15.5 Å². The summed E-state index contributed by atoms with van der Waals surface area (Å²) in [4.78, 5) is 17.8. The molecule has 1 aliphatic heterocycles. The lowest BCUT2D eigenvalue weighted by Gasteiger charge is -2.31. The van der Waals surface area contributed by atoms with Crippen molar-refractivity contribution >= 4 is 62.3 Å². The van der Waals surface area contributed by atoms with E-state index in [0.717, 1.165) is 52.2 Å². The predicted octanol–water partition coefficient (Wildman–Crippen LogP) is 7.31. The van der Waals surface area contributed by atoms with Gasteiger partial charge in [0.15, 0.2) is 5.82 Å². The molecule has 0 bridgehead atoms. The highest BCUT2D eigenvalue weighted by Gasteiger charge is 2.17. The van der Waals surface area contributed by atoms with E-state index in [-0.39, 0.29) is 0 Å². The fourth-order valence-electron chi connectivity index (χ4n) is 4.07. The largest absolute Gasteiger partial charge is 0.357 e. The van der Waals surface area contributed by atoms with Crippen molar-refractivity contribution in [1.82, 2.24) is 15.0 Å². The molecule has 34 heavy (non-hydrogen) atoms. The molecule has 1 fully saturated rings. The minimum absolute atomic E-state index is 0.496. The Hall–Kier alpha value is -2.84. The third kappa shape index (κ3) is 5.28. The topological polar surface area (TPSA) is 66.0 Å². The third-order valence-electron chi connectivity index (χ3n) is 5.92. The Labute approximate surface area is 209 Å². The highest BCUT2D eigenvalue weighted by Crippen LogP contribution is 2.35. The van der Waals surface area contributed by atoms with E-state index in [0.29, 0.717) is 11.2 Å². The summed E-state index contributed by atoms with van der Waals surface area (Å²) >= 11 is 3.49. The molecule has 3 aromatic heterocycles. The zero-order chi connectivity index (χ0) is 23.5. The molecule has 176 valence electrons. The van der Waals surface area contributed by atoms with Crippen LogP contribution in [0, 0.1) is 5.92 Å². The number of aromatic nitrogens is 3. The number of piperidine rings is 1. The summed E-state index contributed by atoms with van der Waals surface area (Å²) in [6.07, 6.45) is 4.33. The summed E-state index contributed by atoms with van der Waals surface area (Å²) in [5.41, 5.74) is 2.86. The van der Waals surface area contributed by atoms with Gasteiger partial charge in [0, 0.05) is 23.2 Å². The van der Waals surface area contributed by atoms with Gasteiger partial charge in [-0.25, -0.2) is 9.97 Å². The SMILES string of the molecule is CC1CCN(c2ccc(Nc3nc(Nc4ccccc4SC(C)C)c4sccc4n3)cn2)CC1. The number of thioether (sulfide) groups is 1. The Morgan fingerprint density at radius 2 is 1.85 bits per heavy atom. The molecule has 0 unspecified atom stereocenters. The molecule has 0 amide bonds. The molecule has 0 radical (unpaired) electrons. The maximum absolute atomic E-state index is 4.83. The average Bonchev–Trinajstić information content (AvgIpc) is 3.30. The zero-order valence-corrected chi connectivity index (χ0v) is 21.4. The number of nitrogens with one attached hydrogen (secondary N) is 2. The Morgan fingerprint density at radius 1 is 1.03 bits per heavy atom. The fourth-order valence-corrected chi connectivity index (χ4v) is 5.76. The molecule has 6 nitrogen and oxygen atoms in total. The third-order valence-corrected chi connectivity index (χ3v) is 7.91. The molecule has 1 aromatic carbocycles. The number of nitrogens with zero attached hydrogens (tertiary/aromatic N) is 4. The molecule has 0 aliphatic carbocycles. The van der Waals surface area contributed by atoms with Crippen LogP contribution in [-0.2, 0) is 0 Å². The Kier molecular flexibility index (Phi) is 6.87. The van der Waals surface area contributed by atoms with Crippen LogP contribution in [0.5, 0.6) is 0 Å². The number of thiophene rings is 1. The van der Waals surface area contributed by atoms with Gasteiger partial charge in [-0.15, -0.1) is 23.1 Å². The van der Waals surface area contributed by atoms with E-state index < -0.39 is 0 Å². The van der Waals surface area contributed by atoms with Crippen LogP contribution in [0.4, 0.5) is 29.0 Å². The molecule has 1 aliphatic rings. The lowest BCUT2D eigenvalue weighted by Crippen LogP contribution is -2.33. The van der Waals surface area contributed by atoms with Crippen LogP contribution in [0.15, 0.2) is 58.9 Å². The minimum atomic E-state index is 0.496. The van der Waals surface area contributed by atoms with Crippen LogP contribution in [0.2, 0.25) is 0 Å². The van der Waals surface area contributed by atoms with Gasteiger partial charge in [0.05, 0.1) is 27.8 Å². The van der Waals surface area contributed by atoms with E-state index in [1.165, 1.54) is 17.7 Å². The molecular formula is C26H30N6S2. The first kappa shape index (κ1) is 22.9. The lowest BCUT2D eigenvalue weighted by atomic mass is 9.99. The Morgan fingerprint density at radius 3 is 2.62 bits per heavy atom. The number of para-hydroxylation sites is 1. The molecule has 8 heteroatoms. The van der Waals surface area contributed by atoms with Gasteiger partial charge in [-0.2, -0.15) is 4.98 Å². The summed E-state index contributed by atoms with van der Waals surface area (Å²) in [7, 11) is 0.